The molecule has 1 aliphatic rings. The summed E-state index contributed by atoms with van der Waals surface area (Å²) >= 11 is 0. The molecular weight excluding hydrogens is 208 g/mol. The Morgan fingerprint density at radius 1 is 1.50 bits per heavy atom. The number of hydrogen-bond donors (Lipinski definition) is 1. The van der Waals surface area contributed by atoms with E-state index in [1.54, 1.807) is 12.3 Å². The smallest absolute Gasteiger partial charge is 0.337 e. The second-order valence-electron chi connectivity index (χ2n) is 3.73. The van der Waals surface area contributed by atoms with Crippen LogP contribution in [0, 0.1) is 0 Å². The first kappa shape index (κ1) is 11.0. The molecule has 2 heterocycles. The number of pyridine rings is 1. The molecule has 1 aliphatic heterocycles. The lowest BCUT2D eigenvalue weighted by Gasteiger charge is -2.26. The predicted molar refractivity (Wildman–Crippen MR) is 57.3 cm³/mol. The first-order valence-electron chi connectivity index (χ1n) is 5.23. The standard InChI is InChI=1S/C11H14N2O3/c14-11(15)10-7-12-2-1-9(10)8-13-3-5-16-6-4-13/h1-2,7H,3-6,8H2,(H,14,15). The van der Waals surface area contributed by atoms with E-state index in [0.717, 1.165) is 18.7 Å². The summed E-state index contributed by atoms with van der Waals surface area (Å²) in [6.07, 6.45) is 3.03. The number of aromatic nitrogens is 1. The molecule has 0 amide bonds. The number of carbonyl (C=O) groups is 1. The third-order valence-electron chi connectivity index (χ3n) is 2.64. The molecule has 16 heavy (non-hydrogen) atoms. The molecule has 1 fully saturated rings. The molecule has 86 valence electrons. The quantitative estimate of drug-likeness (QED) is 0.812. The van der Waals surface area contributed by atoms with Crippen molar-refractivity contribution >= 4 is 5.97 Å². The number of morpholine rings is 1. The Morgan fingerprint density at radius 2 is 2.25 bits per heavy atom. The van der Waals surface area contributed by atoms with Crippen LogP contribution in [0.3, 0.4) is 0 Å². The van der Waals surface area contributed by atoms with Gasteiger partial charge in [-0.15, -0.1) is 0 Å². The van der Waals surface area contributed by atoms with Gasteiger partial charge in [0.2, 0.25) is 0 Å². The zero-order valence-corrected chi connectivity index (χ0v) is 8.93. The molecule has 2 rings (SSSR count). The highest BCUT2D eigenvalue weighted by Gasteiger charge is 2.15. The summed E-state index contributed by atoms with van der Waals surface area (Å²) < 4.78 is 5.24. The second-order valence-corrected chi connectivity index (χ2v) is 3.73. The third kappa shape index (κ3) is 2.56. The molecular formula is C11H14N2O3. The highest BCUT2D eigenvalue weighted by Crippen LogP contribution is 2.11. The van der Waals surface area contributed by atoms with Gasteiger partial charge in [0.05, 0.1) is 18.8 Å². The molecule has 0 saturated carbocycles. The van der Waals surface area contributed by atoms with Crippen LogP contribution in [0.1, 0.15) is 15.9 Å². The fourth-order valence-corrected chi connectivity index (χ4v) is 1.75. The minimum atomic E-state index is -0.920. The molecule has 1 aromatic rings. The zero-order valence-electron chi connectivity index (χ0n) is 8.93. The fraction of sp³-hybridized carbons (Fsp3) is 0.455. The molecule has 0 bridgehead atoms. The third-order valence-corrected chi connectivity index (χ3v) is 2.64. The van der Waals surface area contributed by atoms with Gasteiger partial charge in [-0.2, -0.15) is 0 Å². The first-order valence-corrected chi connectivity index (χ1v) is 5.23. The molecule has 0 aliphatic carbocycles. The highest BCUT2D eigenvalue weighted by molar-refractivity contribution is 5.88. The molecule has 5 nitrogen and oxygen atoms in total. The molecule has 1 N–H and O–H groups in total. The monoisotopic (exact) mass is 222 g/mol. The zero-order chi connectivity index (χ0) is 11.4. The van der Waals surface area contributed by atoms with Crippen LogP contribution in [-0.4, -0.2) is 47.3 Å². The number of carboxylic acids is 1. The van der Waals surface area contributed by atoms with Gasteiger partial charge in [0, 0.05) is 32.0 Å². The Balaban J connectivity index is 2.10. The van der Waals surface area contributed by atoms with Crippen LogP contribution in [0.5, 0.6) is 0 Å². The molecule has 0 radical (unpaired) electrons. The fourth-order valence-electron chi connectivity index (χ4n) is 1.75. The van der Waals surface area contributed by atoms with E-state index >= 15 is 0 Å². The van der Waals surface area contributed by atoms with Gasteiger partial charge in [0.15, 0.2) is 0 Å². The van der Waals surface area contributed by atoms with E-state index in [1.807, 2.05) is 0 Å². The van der Waals surface area contributed by atoms with E-state index in [1.165, 1.54) is 6.20 Å². The van der Waals surface area contributed by atoms with Crippen LogP contribution < -0.4 is 0 Å². The highest BCUT2D eigenvalue weighted by atomic mass is 16.5. The van der Waals surface area contributed by atoms with Crippen molar-refractivity contribution in [2.45, 2.75) is 6.54 Å². The van der Waals surface area contributed by atoms with Crippen molar-refractivity contribution in [1.29, 1.82) is 0 Å². The maximum absolute atomic E-state index is 11.0. The van der Waals surface area contributed by atoms with Crippen molar-refractivity contribution in [2.75, 3.05) is 26.3 Å². The van der Waals surface area contributed by atoms with Crippen molar-refractivity contribution < 1.29 is 14.6 Å². The minimum Gasteiger partial charge on any atom is -0.478 e. The SMILES string of the molecule is O=C(O)c1cnccc1CN1CCOCC1. The largest absolute Gasteiger partial charge is 0.478 e. The minimum absolute atomic E-state index is 0.286. The molecule has 5 heteroatoms. The normalized spacial score (nSPS) is 17.2. The van der Waals surface area contributed by atoms with Gasteiger partial charge in [0.1, 0.15) is 0 Å². The average molecular weight is 222 g/mol. The molecule has 1 saturated heterocycles. The van der Waals surface area contributed by atoms with E-state index in [0.29, 0.717) is 19.8 Å². The number of hydrogen-bond acceptors (Lipinski definition) is 4. The van der Waals surface area contributed by atoms with E-state index < -0.39 is 5.97 Å². The van der Waals surface area contributed by atoms with Gasteiger partial charge < -0.3 is 9.84 Å². The Morgan fingerprint density at radius 3 is 2.94 bits per heavy atom. The van der Waals surface area contributed by atoms with Crippen molar-refractivity contribution in [1.82, 2.24) is 9.88 Å². The van der Waals surface area contributed by atoms with Gasteiger partial charge in [0.25, 0.3) is 0 Å². The number of aromatic carboxylic acids is 1. The lowest BCUT2D eigenvalue weighted by Crippen LogP contribution is -2.36. The maximum atomic E-state index is 11.0. The summed E-state index contributed by atoms with van der Waals surface area (Å²) in [6, 6.07) is 1.76. The van der Waals surface area contributed by atoms with Crippen LogP contribution in [0.25, 0.3) is 0 Å². The van der Waals surface area contributed by atoms with E-state index in [2.05, 4.69) is 9.88 Å². The van der Waals surface area contributed by atoms with Crippen molar-refractivity contribution in [2.24, 2.45) is 0 Å². The van der Waals surface area contributed by atoms with E-state index in [4.69, 9.17) is 9.84 Å². The molecule has 0 unspecified atom stereocenters. The maximum Gasteiger partial charge on any atom is 0.337 e. The Bertz CT molecular complexity index is 375. The summed E-state index contributed by atoms with van der Waals surface area (Å²) in [5, 5.41) is 9.01. The summed E-state index contributed by atoms with van der Waals surface area (Å²) in [5.41, 5.74) is 1.10. The van der Waals surface area contributed by atoms with Gasteiger partial charge in [-0.1, -0.05) is 0 Å². The van der Waals surface area contributed by atoms with Crippen LogP contribution in [0.4, 0.5) is 0 Å². The van der Waals surface area contributed by atoms with E-state index in [9.17, 15) is 4.79 Å². The van der Waals surface area contributed by atoms with Gasteiger partial charge in [-0.25, -0.2) is 4.79 Å². The number of nitrogens with zero attached hydrogens (tertiary/aromatic N) is 2. The Hall–Kier alpha value is -1.46. The summed E-state index contributed by atoms with van der Waals surface area (Å²) in [7, 11) is 0. The summed E-state index contributed by atoms with van der Waals surface area (Å²) in [5.74, 6) is -0.920. The van der Waals surface area contributed by atoms with Crippen LogP contribution in [-0.2, 0) is 11.3 Å². The molecule has 0 atom stereocenters. The van der Waals surface area contributed by atoms with Crippen molar-refractivity contribution in [3.63, 3.8) is 0 Å². The summed E-state index contributed by atoms with van der Waals surface area (Å²) in [6.45, 7) is 3.78. The second kappa shape index (κ2) is 5.05. The van der Waals surface area contributed by atoms with Gasteiger partial charge in [-0.3, -0.25) is 9.88 Å². The van der Waals surface area contributed by atoms with Crippen LogP contribution in [0.15, 0.2) is 18.5 Å². The average Bonchev–Trinajstić information content (AvgIpc) is 2.31. The molecule has 0 spiro atoms. The first-order chi connectivity index (χ1) is 7.77. The summed E-state index contributed by atoms with van der Waals surface area (Å²) in [4.78, 5) is 17.0. The lowest BCUT2D eigenvalue weighted by molar-refractivity contribution is 0.0339. The van der Waals surface area contributed by atoms with Crippen LogP contribution in [0.2, 0.25) is 0 Å². The number of rotatable bonds is 3. The molecule has 0 aromatic carbocycles. The topological polar surface area (TPSA) is 62.7 Å². The van der Waals surface area contributed by atoms with Crippen LogP contribution >= 0.6 is 0 Å². The Labute approximate surface area is 93.7 Å². The predicted octanol–water partition coefficient (Wildman–Crippen LogP) is 0.612. The van der Waals surface area contributed by atoms with Gasteiger partial charge in [-0.05, 0) is 11.6 Å². The van der Waals surface area contributed by atoms with E-state index in [-0.39, 0.29) is 5.56 Å². The Kier molecular flexibility index (Phi) is 3.48. The van der Waals surface area contributed by atoms with Crippen molar-refractivity contribution in [3.8, 4) is 0 Å². The number of ether oxygens (including phenoxy) is 1. The van der Waals surface area contributed by atoms with Crippen molar-refractivity contribution in [3.05, 3.63) is 29.6 Å². The van der Waals surface area contributed by atoms with Gasteiger partial charge >= 0.3 is 5.97 Å². The molecule has 1 aromatic heterocycles. The number of carboxylic acid groups (broad SMARTS) is 1. The lowest BCUT2D eigenvalue weighted by atomic mass is 10.1.